The van der Waals surface area contributed by atoms with Gasteiger partial charge in [0.05, 0.1) is 0 Å². The maximum absolute atomic E-state index is 11.6. The Morgan fingerprint density at radius 1 is 1.56 bits per heavy atom. The number of aromatic nitrogens is 1. The number of likely N-dealkylation sites (tertiary alicyclic amines) is 1. The second-order valence-corrected chi connectivity index (χ2v) is 5.27. The first-order chi connectivity index (χ1) is 8.66. The molecular formula is C14H19ClN2O. The Hall–Kier alpha value is -1.09. The van der Waals surface area contributed by atoms with Gasteiger partial charge in [-0.2, -0.15) is 0 Å². The number of aryl methyl sites for hydroxylation is 1. The molecule has 1 fully saturated rings. The summed E-state index contributed by atoms with van der Waals surface area (Å²) in [6.07, 6.45) is 7.19. The van der Waals surface area contributed by atoms with E-state index in [9.17, 15) is 4.79 Å². The van der Waals surface area contributed by atoms with Crippen LogP contribution < -0.4 is 0 Å². The molecule has 0 saturated carbocycles. The summed E-state index contributed by atoms with van der Waals surface area (Å²) in [5.41, 5.74) is 1.20. The van der Waals surface area contributed by atoms with E-state index < -0.39 is 0 Å². The number of nitrogens with zero attached hydrogens (tertiary/aromatic N) is 2. The van der Waals surface area contributed by atoms with Crippen molar-refractivity contribution in [1.82, 2.24) is 9.88 Å². The molecule has 98 valence electrons. The Morgan fingerprint density at radius 3 is 3.11 bits per heavy atom. The van der Waals surface area contributed by atoms with Gasteiger partial charge in [-0.05, 0) is 49.8 Å². The third kappa shape index (κ3) is 3.45. The molecular weight excluding hydrogens is 248 g/mol. The van der Waals surface area contributed by atoms with Gasteiger partial charge < -0.3 is 4.90 Å². The molecule has 3 nitrogen and oxygen atoms in total. The standard InChI is InChI=1S/C14H19ClN2O/c1-11(18)17-9-3-2-4-13(17)6-5-12-7-8-16-14(15)10-12/h7-8,10,13H,2-6,9H2,1H3. The van der Waals surface area contributed by atoms with Crippen LogP contribution in [0.25, 0.3) is 0 Å². The number of amides is 1. The van der Waals surface area contributed by atoms with Gasteiger partial charge in [0.15, 0.2) is 0 Å². The van der Waals surface area contributed by atoms with Crippen LogP contribution >= 0.6 is 11.6 Å². The topological polar surface area (TPSA) is 33.2 Å². The van der Waals surface area contributed by atoms with Crippen LogP contribution in [-0.2, 0) is 11.2 Å². The van der Waals surface area contributed by atoms with Gasteiger partial charge in [0.25, 0.3) is 0 Å². The molecule has 4 heteroatoms. The molecule has 1 unspecified atom stereocenters. The lowest BCUT2D eigenvalue weighted by molar-refractivity contribution is -0.132. The molecule has 0 radical (unpaired) electrons. The summed E-state index contributed by atoms with van der Waals surface area (Å²) in [5.74, 6) is 0.201. The van der Waals surface area contributed by atoms with Crippen molar-refractivity contribution in [3.63, 3.8) is 0 Å². The molecule has 2 rings (SSSR count). The van der Waals surface area contributed by atoms with E-state index in [2.05, 4.69) is 4.98 Å². The van der Waals surface area contributed by atoms with Crippen LogP contribution in [0.4, 0.5) is 0 Å². The highest BCUT2D eigenvalue weighted by Gasteiger charge is 2.23. The van der Waals surface area contributed by atoms with Gasteiger partial charge in [-0.15, -0.1) is 0 Å². The first-order valence-electron chi connectivity index (χ1n) is 6.54. The van der Waals surface area contributed by atoms with E-state index >= 15 is 0 Å². The SMILES string of the molecule is CC(=O)N1CCCCC1CCc1ccnc(Cl)c1. The highest BCUT2D eigenvalue weighted by molar-refractivity contribution is 6.29. The molecule has 0 N–H and O–H groups in total. The Kier molecular flexibility index (Phi) is 4.59. The van der Waals surface area contributed by atoms with Crippen LogP contribution in [0.15, 0.2) is 18.3 Å². The summed E-state index contributed by atoms with van der Waals surface area (Å²) in [6, 6.07) is 4.29. The lowest BCUT2D eigenvalue weighted by atomic mass is 9.96. The molecule has 1 saturated heterocycles. The monoisotopic (exact) mass is 266 g/mol. The van der Waals surface area contributed by atoms with Crippen LogP contribution in [0.2, 0.25) is 5.15 Å². The third-order valence-corrected chi connectivity index (χ3v) is 3.80. The largest absolute Gasteiger partial charge is 0.340 e. The second kappa shape index (κ2) is 6.19. The number of piperidine rings is 1. The molecule has 18 heavy (non-hydrogen) atoms. The molecule has 0 bridgehead atoms. The molecule has 1 amide bonds. The first kappa shape index (κ1) is 13.3. The Labute approximate surface area is 113 Å². The number of hydrogen-bond donors (Lipinski definition) is 0. The molecule has 1 aliphatic heterocycles. The van der Waals surface area contributed by atoms with E-state index in [1.165, 1.54) is 12.0 Å². The number of carbonyl (C=O) groups excluding carboxylic acids is 1. The van der Waals surface area contributed by atoms with Gasteiger partial charge in [0.1, 0.15) is 5.15 Å². The van der Waals surface area contributed by atoms with Crippen LogP contribution in [-0.4, -0.2) is 28.4 Å². The predicted octanol–water partition coefficient (Wildman–Crippen LogP) is 3.07. The molecule has 0 aromatic carbocycles. The van der Waals surface area contributed by atoms with Crippen LogP contribution in [0, 0.1) is 0 Å². The highest BCUT2D eigenvalue weighted by atomic mass is 35.5. The maximum atomic E-state index is 11.6. The molecule has 0 spiro atoms. The lowest BCUT2D eigenvalue weighted by Gasteiger charge is -2.35. The van der Waals surface area contributed by atoms with E-state index in [-0.39, 0.29) is 5.91 Å². The molecule has 2 heterocycles. The fourth-order valence-electron chi connectivity index (χ4n) is 2.65. The zero-order valence-corrected chi connectivity index (χ0v) is 11.5. The summed E-state index contributed by atoms with van der Waals surface area (Å²) in [5, 5.41) is 0.541. The van der Waals surface area contributed by atoms with Crippen molar-refractivity contribution in [2.45, 2.75) is 45.1 Å². The molecule has 0 aliphatic carbocycles. The van der Waals surface area contributed by atoms with E-state index in [1.807, 2.05) is 17.0 Å². The Balaban J connectivity index is 1.93. The number of carbonyl (C=O) groups is 1. The zero-order chi connectivity index (χ0) is 13.0. The summed E-state index contributed by atoms with van der Waals surface area (Å²) in [4.78, 5) is 17.6. The minimum absolute atomic E-state index is 0.201. The first-order valence-corrected chi connectivity index (χ1v) is 6.92. The minimum atomic E-state index is 0.201. The zero-order valence-electron chi connectivity index (χ0n) is 10.7. The third-order valence-electron chi connectivity index (χ3n) is 3.59. The summed E-state index contributed by atoms with van der Waals surface area (Å²) in [7, 11) is 0. The second-order valence-electron chi connectivity index (χ2n) is 4.89. The lowest BCUT2D eigenvalue weighted by Crippen LogP contribution is -2.42. The van der Waals surface area contributed by atoms with Gasteiger partial charge in [-0.25, -0.2) is 4.98 Å². The number of hydrogen-bond acceptors (Lipinski definition) is 2. The summed E-state index contributed by atoms with van der Waals surface area (Å²) >= 11 is 5.87. The number of halogens is 1. The molecule has 1 aromatic rings. The van der Waals surface area contributed by atoms with E-state index in [0.717, 1.165) is 32.2 Å². The van der Waals surface area contributed by atoms with E-state index in [4.69, 9.17) is 11.6 Å². The fraction of sp³-hybridized carbons (Fsp3) is 0.571. The van der Waals surface area contributed by atoms with Crippen LogP contribution in [0.5, 0.6) is 0 Å². The highest BCUT2D eigenvalue weighted by Crippen LogP contribution is 2.21. The quantitative estimate of drug-likeness (QED) is 0.788. The van der Waals surface area contributed by atoms with Crippen molar-refractivity contribution in [1.29, 1.82) is 0 Å². The van der Waals surface area contributed by atoms with Crippen molar-refractivity contribution in [3.05, 3.63) is 29.0 Å². The Morgan fingerprint density at radius 2 is 2.39 bits per heavy atom. The normalized spacial score (nSPS) is 19.9. The number of rotatable bonds is 3. The molecule has 1 aromatic heterocycles. The minimum Gasteiger partial charge on any atom is -0.340 e. The van der Waals surface area contributed by atoms with E-state index in [0.29, 0.717) is 11.2 Å². The van der Waals surface area contributed by atoms with Crippen molar-refractivity contribution < 1.29 is 4.79 Å². The van der Waals surface area contributed by atoms with Crippen molar-refractivity contribution in [3.8, 4) is 0 Å². The van der Waals surface area contributed by atoms with Gasteiger partial charge in [0, 0.05) is 25.7 Å². The average Bonchev–Trinajstić information content (AvgIpc) is 2.37. The van der Waals surface area contributed by atoms with Crippen molar-refractivity contribution in [2.75, 3.05) is 6.54 Å². The smallest absolute Gasteiger partial charge is 0.219 e. The van der Waals surface area contributed by atoms with Crippen molar-refractivity contribution >= 4 is 17.5 Å². The van der Waals surface area contributed by atoms with E-state index in [1.54, 1.807) is 13.1 Å². The van der Waals surface area contributed by atoms with Gasteiger partial charge in [0.2, 0.25) is 5.91 Å². The maximum Gasteiger partial charge on any atom is 0.219 e. The summed E-state index contributed by atoms with van der Waals surface area (Å²) in [6.45, 7) is 2.58. The average molecular weight is 267 g/mol. The van der Waals surface area contributed by atoms with Crippen LogP contribution in [0.1, 0.15) is 38.2 Å². The Bertz CT molecular complexity index is 422. The number of pyridine rings is 1. The van der Waals surface area contributed by atoms with Crippen LogP contribution in [0.3, 0.4) is 0 Å². The molecule has 1 atom stereocenters. The van der Waals surface area contributed by atoms with Gasteiger partial charge >= 0.3 is 0 Å². The molecule has 1 aliphatic rings. The predicted molar refractivity (Wildman–Crippen MR) is 72.6 cm³/mol. The van der Waals surface area contributed by atoms with Gasteiger partial charge in [-0.1, -0.05) is 11.6 Å². The summed E-state index contributed by atoms with van der Waals surface area (Å²) < 4.78 is 0. The van der Waals surface area contributed by atoms with Crippen molar-refractivity contribution in [2.24, 2.45) is 0 Å². The fourth-order valence-corrected chi connectivity index (χ4v) is 2.84. The van der Waals surface area contributed by atoms with Gasteiger partial charge in [-0.3, -0.25) is 4.79 Å².